The van der Waals surface area contributed by atoms with Crippen LogP contribution in [0, 0.1) is 0 Å². The highest BCUT2D eigenvalue weighted by molar-refractivity contribution is 5.85. The van der Waals surface area contributed by atoms with Gasteiger partial charge in [-0.1, -0.05) is 48.5 Å². The minimum atomic E-state index is -0.0602. The fourth-order valence-electron chi connectivity index (χ4n) is 3.28. The van der Waals surface area contributed by atoms with Crippen LogP contribution in [0.15, 0.2) is 54.6 Å². The molecule has 2 aromatic rings. The highest BCUT2D eigenvalue weighted by atomic mass is 35.5. The van der Waals surface area contributed by atoms with Gasteiger partial charge in [-0.05, 0) is 42.9 Å². The summed E-state index contributed by atoms with van der Waals surface area (Å²) in [5.74, 6) is 0.710. The highest BCUT2D eigenvalue weighted by Crippen LogP contribution is 2.21. The van der Waals surface area contributed by atoms with Crippen LogP contribution in [-0.2, 0) is 11.2 Å². The van der Waals surface area contributed by atoms with E-state index in [0.29, 0.717) is 0 Å². The zero-order chi connectivity index (χ0) is 17.5. The van der Waals surface area contributed by atoms with Crippen LogP contribution < -0.4 is 15.8 Å². The van der Waals surface area contributed by atoms with Crippen molar-refractivity contribution in [1.82, 2.24) is 5.32 Å². The summed E-state index contributed by atoms with van der Waals surface area (Å²) >= 11 is 0. The number of carbonyl (C=O) groups is 1. The number of nitrogens with two attached hydrogens (primary N) is 1. The predicted molar refractivity (Wildman–Crippen MR) is 107 cm³/mol. The lowest BCUT2D eigenvalue weighted by molar-refractivity contribution is -0.124. The minimum Gasteiger partial charge on any atom is -0.483 e. The standard InChI is InChI=1S/C21H26N2O2.ClH/c22-18-10-12-19(13-11-18)23-21(24)15-25-20-9-5-4-8-17(20)14-16-6-2-1-3-7-16;/h1-9,18-19H,10-15,22H2,(H,23,24);1H. The number of amides is 1. The Morgan fingerprint density at radius 3 is 2.38 bits per heavy atom. The van der Waals surface area contributed by atoms with E-state index in [1.807, 2.05) is 42.5 Å². The maximum atomic E-state index is 12.2. The number of carbonyl (C=O) groups excluding carboxylic acids is 1. The molecule has 0 spiro atoms. The fourth-order valence-corrected chi connectivity index (χ4v) is 3.28. The molecule has 3 rings (SSSR count). The third-order valence-electron chi connectivity index (χ3n) is 4.71. The van der Waals surface area contributed by atoms with Gasteiger partial charge < -0.3 is 15.8 Å². The van der Waals surface area contributed by atoms with Gasteiger partial charge in [0, 0.05) is 18.5 Å². The van der Waals surface area contributed by atoms with Crippen molar-refractivity contribution in [3.63, 3.8) is 0 Å². The van der Waals surface area contributed by atoms with E-state index in [1.54, 1.807) is 0 Å². The summed E-state index contributed by atoms with van der Waals surface area (Å²) < 4.78 is 5.80. The third-order valence-corrected chi connectivity index (χ3v) is 4.71. The number of hydrogen-bond donors (Lipinski definition) is 2. The smallest absolute Gasteiger partial charge is 0.258 e. The highest BCUT2D eigenvalue weighted by Gasteiger charge is 2.20. The fraction of sp³-hybridized carbons (Fsp3) is 0.381. The summed E-state index contributed by atoms with van der Waals surface area (Å²) in [6.07, 6.45) is 4.66. The topological polar surface area (TPSA) is 64.3 Å². The second-order valence-electron chi connectivity index (χ2n) is 6.74. The van der Waals surface area contributed by atoms with Crippen LogP contribution in [0.2, 0.25) is 0 Å². The third kappa shape index (κ3) is 6.04. The zero-order valence-electron chi connectivity index (χ0n) is 14.9. The monoisotopic (exact) mass is 374 g/mol. The molecular weight excluding hydrogens is 348 g/mol. The summed E-state index contributed by atoms with van der Waals surface area (Å²) in [5, 5.41) is 3.06. The van der Waals surface area contributed by atoms with Gasteiger partial charge in [-0.15, -0.1) is 12.4 Å². The van der Waals surface area contributed by atoms with Crippen molar-refractivity contribution in [1.29, 1.82) is 0 Å². The van der Waals surface area contributed by atoms with Gasteiger partial charge in [-0.25, -0.2) is 0 Å². The number of halogens is 1. The summed E-state index contributed by atoms with van der Waals surface area (Å²) in [4.78, 5) is 12.2. The van der Waals surface area contributed by atoms with Gasteiger partial charge in [-0.3, -0.25) is 4.79 Å². The molecule has 4 nitrogen and oxygen atoms in total. The van der Waals surface area contributed by atoms with Crippen LogP contribution in [0.3, 0.4) is 0 Å². The number of nitrogens with one attached hydrogen (secondary N) is 1. The van der Waals surface area contributed by atoms with Gasteiger partial charge in [0.2, 0.25) is 0 Å². The van der Waals surface area contributed by atoms with Crippen molar-refractivity contribution in [3.05, 3.63) is 65.7 Å². The molecule has 1 amide bonds. The van der Waals surface area contributed by atoms with E-state index >= 15 is 0 Å². The van der Waals surface area contributed by atoms with Crippen molar-refractivity contribution in [2.24, 2.45) is 5.73 Å². The Labute approximate surface area is 161 Å². The molecule has 0 saturated heterocycles. The van der Waals surface area contributed by atoms with Crippen molar-refractivity contribution in [3.8, 4) is 5.75 Å². The first-order valence-corrected chi connectivity index (χ1v) is 9.00. The molecule has 1 fully saturated rings. The number of para-hydroxylation sites is 1. The molecule has 1 aliphatic carbocycles. The van der Waals surface area contributed by atoms with Crippen LogP contribution in [-0.4, -0.2) is 24.6 Å². The first-order chi connectivity index (χ1) is 12.2. The molecule has 5 heteroatoms. The van der Waals surface area contributed by atoms with Crippen molar-refractivity contribution < 1.29 is 9.53 Å². The van der Waals surface area contributed by atoms with E-state index in [1.165, 1.54) is 5.56 Å². The van der Waals surface area contributed by atoms with Crippen molar-refractivity contribution in [2.75, 3.05) is 6.61 Å². The van der Waals surface area contributed by atoms with E-state index in [0.717, 1.165) is 43.4 Å². The quantitative estimate of drug-likeness (QED) is 0.813. The number of ether oxygens (including phenoxy) is 1. The van der Waals surface area contributed by atoms with Gasteiger partial charge in [0.25, 0.3) is 5.91 Å². The summed E-state index contributed by atoms with van der Waals surface area (Å²) in [6, 6.07) is 18.7. The SMILES string of the molecule is Cl.NC1CCC(NC(=O)COc2ccccc2Cc2ccccc2)CC1. The molecule has 0 aromatic heterocycles. The van der Waals surface area contributed by atoms with E-state index in [4.69, 9.17) is 10.5 Å². The van der Waals surface area contributed by atoms with Crippen molar-refractivity contribution in [2.45, 2.75) is 44.2 Å². The van der Waals surface area contributed by atoms with Crippen LogP contribution >= 0.6 is 12.4 Å². The molecule has 2 aromatic carbocycles. The maximum absolute atomic E-state index is 12.2. The molecule has 0 heterocycles. The average Bonchev–Trinajstić information content (AvgIpc) is 2.64. The van der Waals surface area contributed by atoms with E-state index in [9.17, 15) is 4.79 Å². The average molecular weight is 375 g/mol. The van der Waals surface area contributed by atoms with Gasteiger partial charge >= 0.3 is 0 Å². The van der Waals surface area contributed by atoms with Crippen LogP contribution in [0.1, 0.15) is 36.8 Å². The molecule has 26 heavy (non-hydrogen) atoms. The molecule has 0 aliphatic heterocycles. The Kier molecular flexibility index (Phi) is 7.95. The Balaban J connectivity index is 0.00000243. The Morgan fingerprint density at radius 1 is 1.00 bits per heavy atom. The minimum absolute atomic E-state index is 0. The lowest BCUT2D eigenvalue weighted by Crippen LogP contribution is -2.42. The van der Waals surface area contributed by atoms with Gasteiger partial charge in [0.05, 0.1) is 0 Å². The first-order valence-electron chi connectivity index (χ1n) is 9.00. The van der Waals surface area contributed by atoms with Crippen LogP contribution in [0.25, 0.3) is 0 Å². The van der Waals surface area contributed by atoms with E-state index in [2.05, 4.69) is 17.4 Å². The Hall–Kier alpha value is -2.04. The summed E-state index contributed by atoms with van der Waals surface area (Å²) in [6.45, 7) is 0.0500. The molecule has 140 valence electrons. The summed E-state index contributed by atoms with van der Waals surface area (Å²) in [5.41, 5.74) is 8.22. The van der Waals surface area contributed by atoms with E-state index in [-0.39, 0.29) is 37.0 Å². The Morgan fingerprint density at radius 2 is 1.65 bits per heavy atom. The van der Waals surface area contributed by atoms with Crippen LogP contribution in [0.4, 0.5) is 0 Å². The molecular formula is C21H27ClN2O2. The number of rotatable bonds is 6. The van der Waals surface area contributed by atoms with Crippen LogP contribution in [0.5, 0.6) is 5.75 Å². The van der Waals surface area contributed by atoms with Gasteiger partial charge in [0.1, 0.15) is 5.75 Å². The lowest BCUT2D eigenvalue weighted by Gasteiger charge is -2.26. The van der Waals surface area contributed by atoms with E-state index < -0.39 is 0 Å². The van der Waals surface area contributed by atoms with Gasteiger partial charge in [0.15, 0.2) is 6.61 Å². The maximum Gasteiger partial charge on any atom is 0.258 e. The zero-order valence-corrected chi connectivity index (χ0v) is 15.7. The lowest BCUT2D eigenvalue weighted by atomic mass is 9.92. The molecule has 1 saturated carbocycles. The molecule has 3 N–H and O–H groups in total. The normalized spacial score (nSPS) is 19.3. The van der Waals surface area contributed by atoms with Crippen molar-refractivity contribution >= 4 is 18.3 Å². The van der Waals surface area contributed by atoms with Gasteiger partial charge in [-0.2, -0.15) is 0 Å². The molecule has 0 radical (unpaired) electrons. The molecule has 0 unspecified atom stereocenters. The number of hydrogen-bond acceptors (Lipinski definition) is 3. The largest absolute Gasteiger partial charge is 0.483 e. The number of benzene rings is 2. The summed E-state index contributed by atoms with van der Waals surface area (Å²) in [7, 11) is 0. The molecule has 0 bridgehead atoms. The predicted octanol–water partition coefficient (Wildman–Crippen LogP) is 3.46. The second kappa shape index (κ2) is 10.2. The molecule has 1 aliphatic rings. The molecule has 0 atom stereocenters. The first kappa shape index (κ1) is 20.3. The second-order valence-corrected chi connectivity index (χ2v) is 6.74. The Bertz CT molecular complexity index is 685.